The normalized spacial score (nSPS) is 45.9. The Morgan fingerprint density at radius 2 is 1.73 bits per heavy atom. The van der Waals surface area contributed by atoms with Crippen LogP contribution in [0.1, 0.15) is 79.1 Å². The quantitative estimate of drug-likeness (QED) is 0.549. The van der Waals surface area contributed by atoms with Crippen LogP contribution in [0.2, 0.25) is 0 Å². The van der Waals surface area contributed by atoms with Gasteiger partial charge in [0.2, 0.25) is 5.91 Å². The van der Waals surface area contributed by atoms with E-state index in [0.29, 0.717) is 25.8 Å². The summed E-state index contributed by atoms with van der Waals surface area (Å²) in [7, 11) is 2.06. The number of ether oxygens (including phenoxy) is 1. The van der Waals surface area contributed by atoms with Crippen LogP contribution in [0, 0.1) is 39.4 Å². The second kappa shape index (κ2) is 8.90. The molecule has 3 aliphatic carbocycles. The first-order valence-electron chi connectivity index (χ1n) is 14.4. The van der Waals surface area contributed by atoms with Crippen LogP contribution in [0.4, 0.5) is 4.79 Å². The van der Waals surface area contributed by atoms with Gasteiger partial charge >= 0.3 is 6.09 Å². The van der Waals surface area contributed by atoms with Crippen molar-refractivity contribution in [1.29, 1.82) is 0 Å². The number of nitrogens with zero attached hydrogens (tertiary/aromatic N) is 2. The number of hydrogen-bond donors (Lipinski definition) is 1. The third kappa shape index (κ3) is 3.70. The van der Waals surface area contributed by atoms with Crippen LogP contribution >= 0.6 is 0 Å². The highest BCUT2D eigenvalue weighted by atomic mass is 16.6. The maximum Gasteiger partial charge on any atom is 0.416 e. The van der Waals surface area contributed by atoms with Crippen LogP contribution in [-0.4, -0.2) is 71.6 Å². The predicted octanol–water partition coefficient (Wildman–Crippen LogP) is 4.43. The Balaban J connectivity index is 1.50. The van der Waals surface area contributed by atoms with Crippen molar-refractivity contribution in [2.45, 2.75) is 91.3 Å². The number of carbonyl (C=O) groups is 3. The largest absolute Gasteiger partial charge is 0.445 e. The first kappa shape index (κ1) is 26.9. The molecule has 2 amide bonds. The van der Waals surface area contributed by atoms with Crippen LogP contribution < -0.4 is 0 Å². The number of Topliss-reactive ketones (excluding diaryl/α,β-unsaturated/α-hetero) is 1. The summed E-state index contributed by atoms with van der Waals surface area (Å²) in [5.74, 6) is -0.0463. The van der Waals surface area contributed by atoms with Crippen LogP contribution in [0.15, 0.2) is 12.7 Å². The maximum absolute atomic E-state index is 13.7. The zero-order valence-corrected chi connectivity index (χ0v) is 23.4. The fourth-order valence-corrected chi connectivity index (χ4v) is 9.19. The van der Waals surface area contributed by atoms with Gasteiger partial charge in [-0.25, -0.2) is 9.69 Å². The molecule has 1 spiro atoms. The van der Waals surface area contributed by atoms with E-state index in [-0.39, 0.29) is 34.9 Å². The number of aliphatic hydroxyl groups is 1. The van der Waals surface area contributed by atoms with Crippen molar-refractivity contribution in [1.82, 2.24) is 9.80 Å². The molecule has 0 aromatic heterocycles. The van der Waals surface area contributed by atoms with Crippen LogP contribution in [0.3, 0.4) is 0 Å². The molecule has 8 atom stereocenters. The first-order valence-corrected chi connectivity index (χ1v) is 14.4. The molecule has 0 aromatic rings. The van der Waals surface area contributed by atoms with Crippen LogP contribution in [-0.2, 0) is 14.3 Å². The van der Waals surface area contributed by atoms with Gasteiger partial charge in [-0.05, 0) is 82.3 Å². The minimum absolute atomic E-state index is 0.0696. The van der Waals surface area contributed by atoms with E-state index in [1.807, 2.05) is 6.92 Å². The topological polar surface area (TPSA) is 87.2 Å². The number of carbonyl (C=O) groups excluding carboxylic acids is 3. The Morgan fingerprint density at radius 3 is 2.38 bits per heavy atom. The summed E-state index contributed by atoms with van der Waals surface area (Å²) in [5, 5.41) is 11.7. The van der Waals surface area contributed by atoms with E-state index in [9.17, 15) is 19.5 Å². The summed E-state index contributed by atoms with van der Waals surface area (Å²) in [6.45, 7) is 14.6. The molecule has 7 nitrogen and oxygen atoms in total. The van der Waals surface area contributed by atoms with Gasteiger partial charge in [0.1, 0.15) is 11.9 Å². The Hall–Kier alpha value is -1.73. The lowest BCUT2D eigenvalue weighted by Crippen LogP contribution is -2.63. The fourth-order valence-electron chi connectivity index (χ4n) is 9.19. The summed E-state index contributed by atoms with van der Waals surface area (Å²) < 4.78 is 6.37. The van der Waals surface area contributed by atoms with E-state index in [1.165, 1.54) is 4.90 Å². The highest BCUT2D eigenvalue weighted by Gasteiger charge is 2.68. The molecule has 3 saturated carbocycles. The molecule has 2 heterocycles. The molecule has 7 heteroatoms. The lowest BCUT2D eigenvalue weighted by atomic mass is 9.44. The van der Waals surface area contributed by atoms with Gasteiger partial charge in [-0.1, -0.05) is 33.8 Å². The third-order valence-corrected chi connectivity index (χ3v) is 12.2. The molecule has 0 radical (unpaired) electrons. The minimum atomic E-state index is -0.700. The molecule has 5 aliphatic rings. The van der Waals surface area contributed by atoms with E-state index >= 15 is 0 Å². The summed E-state index contributed by atoms with van der Waals surface area (Å²) in [6, 6.07) is 0. The maximum atomic E-state index is 13.7. The highest BCUT2D eigenvalue weighted by molar-refractivity contribution is 5.97. The fraction of sp³-hybridized carbons (Fsp3) is 0.833. The van der Waals surface area contributed by atoms with Crippen molar-refractivity contribution in [3.8, 4) is 0 Å². The van der Waals surface area contributed by atoms with Crippen LogP contribution in [0.5, 0.6) is 0 Å². The van der Waals surface area contributed by atoms with Gasteiger partial charge in [0.25, 0.3) is 0 Å². The Labute approximate surface area is 222 Å². The molecule has 5 fully saturated rings. The average Bonchev–Trinajstić information content (AvgIpc) is 3.39. The van der Waals surface area contributed by atoms with Gasteiger partial charge in [0, 0.05) is 29.7 Å². The van der Waals surface area contributed by atoms with Crippen molar-refractivity contribution in [3.63, 3.8) is 0 Å². The van der Waals surface area contributed by atoms with Gasteiger partial charge in [-0.2, -0.15) is 0 Å². The van der Waals surface area contributed by atoms with Gasteiger partial charge in [-0.3, -0.25) is 9.59 Å². The van der Waals surface area contributed by atoms with Gasteiger partial charge in [-0.15, -0.1) is 6.58 Å². The lowest BCUT2D eigenvalue weighted by Gasteiger charge is -2.61. The van der Waals surface area contributed by atoms with Gasteiger partial charge < -0.3 is 14.7 Å². The van der Waals surface area contributed by atoms with E-state index in [4.69, 9.17) is 4.74 Å². The number of rotatable bonds is 2. The summed E-state index contributed by atoms with van der Waals surface area (Å²) >= 11 is 0. The smallest absolute Gasteiger partial charge is 0.416 e. The number of amides is 2. The molecule has 2 aliphatic heterocycles. The molecular weight excluding hydrogens is 468 g/mol. The van der Waals surface area contributed by atoms with Crippen molar-refractivity contribution < 1.29 is 24.2 Å². The van der Waals surface area contributed by atoms with Crippen molar-refractivity contribution in [2.75, 3.05) is 26.7 Å². The number of ketones is 1. The Morgan fingerprint density at radius 1 is 1.08 bits per heavy atom. The molecule has 2 bridgehead atoms. The van der Waals surface area contributed by atoms with Gasteiger partial charge in [0.15, 0.2) is 0 Å². The van der Waals surface area contributed by atoms with Crippen molar-refractivity contribution in [2.24, 2.45) is 39.4 Å². The van der Waals surface area contributed by atoms with Crippen molar-refractivity contribution >= 4 is 17.8 Å². The summed E-state index contributed by atoms with van der Waals surface area (Å²) in [4.78, 5) is 44.4. The zero-order chi connectivity index (χ0) is 27.0. The number of hydrogen-bond acceptors (Lipinski definition) is 6. The standard InChI is InChI=1S/C30H46N2O5/c1-7-27(4)18-22(37-26(36)32-17-14-29(25(32)35)12-15-31(6)16-13-29)28(5)19(2)8-10-30(20(3)24(27)34)11-9-21(33)23(28)30/h7,19-20,22-24,34H,1,8-18H2,2-6H3/t19-,20-,22+,23-,24-,27+,28-,30-/m0/s1. The number of aliphatic hydroxyl groups excluding tert-OH is 1. The van der Waals surface area contributed by atoms with E-state index < -0.39 is 34.5 Å². The number of likely N-dealkylation sites (tertiary alicyclic amines) is 2. The van der Waals surface area contributed by atoms with E-state index in [0.717, 1.165) is 45.2 Å². The second-order valence-electron chi connectivity index (χ2n) is 13.7. The predicted molar refractivity (Wildman–Crippen MR) is 141 cm³/mol. The molecule has 206 valence electrons. The zero-order valence-electron chi connectivity index (χ0n) is 23.4. The summed E-state index contributed by atoms with van der Waals surface area (Å²) in [5.41, 5.74) is -2.04. The average molecular weight is 515 g/mol. The number of imide groups is 1. The molecule has 0 unspecified atom stereocenters. The molecule has 0 aromatic carbocycles. The van der Waals surface area contributed by atoms with E-state index in [2.05, 4.69) is 39.3 Å². The first-order chi connectivity index (χ1) is 17.3. The second-order valence-corrected chi connectivity index (χ2v) is 13.7. The molecule has 37 heavy (non-hydrogen) atoms. The molecular formula is C30H46N2O5. The molecule has 1 N–H and O–H groups in total. The molecule has 2 saturated heterocycles. The molecule has 5 rings (SSSR count). The van der Waals surface area contributed by atoms with E-state index in [1.54, 1.807) is 6.08 Å². The minimum Gasteiger partial charge on any atom is -0.445 e. The monoisotopic (exact) mass is 514 g/mol. The SMILES string of the molecule is C=C[C@]1(C)C[C@@H](OC(=O)N2CCC3(CCN(C)CC3)C2=O)[C@@]2(C)[C@@H]3C(=O)CC[C@@]3(CC[C@@H]2C)[C@@H](C)[C@@H]1O. The van der Waals surface area contributed by atoms with Gasteiger partial charge in [0.05, 0.1) is 11.5 Å². The number of piperidine rings is 1. The van der Waals surface area contributed by atoms with Crippen molar-refractivity contribution in [3.05, 3.63) is 12.7 Å². The third-order valence-electron chi connectivity index (χ3n) is 12.2. The Bertz CT molecular complexity index is 988. The summed E-state index contributed by atoms with van der Waals surface area (Å²) in [6.07, 6.45) is 5.61. The lowest BCUT2D eigenvalue weighted by molar-refractivity contribution is -0.193. The highest BCUT2D eigenvalue weighted by Crippen LogP contribution is 2.68. The Kier molecular flexibility index (Phi) is 6.46. The van der Waals surface area contributed by atoms with Crippen LogP contribution in [0.25, 0.3) is 0 Å².